The number of rotatable bonds is 5. The Kier molecular flexibility index (Phi) is 7.15. The average Bonchev–Trinajstić information content (AvgIpc) is 2.42. The van der Waals surface area contributed by atoms with Gasteiger partial charge in [-0.3, -0.25) is 19.2 Å². The Hall–Kier alpha value is -2.16. The lowest BCUT2D eigenvalue weighted by molar-refractivity contribution is -0.249. The molecule has 1 aliphatic heterocycles. The van der Waals surface area contributed by atoms with Crippen LogP contribution in [-0.4, -0.2) is 61.0 Å². The third kappa shape index (κ3) is 5.80. The van der Waals surface area contributed by atoms with Gasteiger partial charge < -0.3 is 23.7 Å². The quantitative estimate of drug-likeness (QED) is 0.506. The maximum absolute atomic E-state index is 11.4. The first kappa shape index (κ1) is 19.9. The Morgan fingerprint density at radius 2 is 1.21 bits per heavy atom. The molecule has 1 aliphatic rings. The van der Waals surface area contributed by atoms with Crippen molar-refractivity contribution in [1.82, 2.24) is 0 Å². The molecule has 0 saturated carbocycles. The third-order valence-electron chi connectivity index (χ3n) is 3.22. The summed E-state index contributed by atoms with van der Waals surface area (Å²) in [5.74, 6) is -2.44. The molecular weight excluding hydrogens is 324 g/mol. The van der Waals surface area contributed by atoms with E-state index in [-0.39, 0.29) is 6.61 Å². The van der Waals surface area contributed by atoms with Gasteiger partial charge in [-0.25, -0.2) is 0 Å². The van der Waals surface area contributed by atoms with Crippen LogP contribution in [0.4, 0.5) is 0 Å². The van der Waals surface area contributed by atoms with Gasteiger partial charge in [-0.05, 0) is 6.92 Å². The SMILES string of the molecule is CC(=O)OC[C@@H]1OC(C)[C@H](OC(C)=O)[C@H](OC(C)=O)[C@H]1OC(C)=O. The maximum atomic E-state index is 11.4. The molecule has 5 atom stereocenters. The fourth-order valence-electron chi connectivity index (χ4n) is 2.44. The summed E-state index contributed by atoms with van der Waals surface area (Å²) in [4.78, 5) is 45.2. The summed E-state index contributed by atoms with van der Waals surface area (Å²) in [5, 5.41) is 0. The van der Waals surface area contributed by atoms with E-state index in [1.54, 1.807) is 6.92 Å². The summed E-state index contributed by atoms with van der Waals surface area (Å²) in [6.45, 7) is 6.17. The topological polar surface area (TPSA) is 114 Å². The first-order chi connectivity index (χ1) is 11.1. The van der Waals surface area contributed by atoms with E-state index in [1.807, 2.05) is 0 Å². The van der Waals surface area contributed by atoms with Crippen LogP contribution in [0, 0.1) is 0 Å². The number of carbonyl (C=O) groups excluding carboxylic acids is 4. The van der Waals surface area contributed by atoms with Gasteiger partial charge in [0.25, 0.3) is 0 Å². The average molecular weight is 346 g/mol. The predicted octanol–water partition coefficient (Wildman–Crippen LogP) is 0.132. The van der Waals surface area contributed by atoms with Crippen molar-refractivity contribution in [3.63, 3.8) is 0 Å². The fourth-order valence-corrected chi connectivity index (χ4v) is 2.44. The van der Waals surface area contributed by atoms with Crippen LogP contribution < -0.4 is 0 Å². The summed E-state index contributed by atoms with van der Waals surface area (Å²) in [6, 6.07) is 0. The normalized spacial score (nSPS) is 29.3. The molecule has 0 amide bonds. The number of carbonyl (C=O) groups is 4. The Balaban J connectivity index is 3.11. The van der Waals surface area contributed by atoms with E-state index in [0.717, 1.165) is 0 Å². The van der Waals surface area contributed by atoms with Gasteiger partial charge in [-0.15, -0.1) is 0 Å². The molecule has 0 aromatic rings. The minimum atomic E-state index is -1.09. The number of hydrogen-bond donors (Lipinski definition) is 0. The van der Waals surface area contributed by atoms with Gasteiger partial charge in [0.05, 0.1) is 6.10 Å². The Morgan fingerprint density at radius 3 is 1.67 bits per heavy atom. The highest BCUT2D eigenvalue weighted by Crippen LogP contribution is 2.28. The van der Waals surface area contributed by atoms with Crippen molar-refractivity contribution in [2.45, 2.75) is 65.1 Å². The molecule has 0 spiro atoms. The van der Waals surface area contributed by atoms with Crippen LogP contribution in [0.5, 0.6) is 0 Å². The first-order valence-corrected chi connectivity index (χ1v) is 7.42. The van der Waals surface area contributed by atoms with E-state index in [2.05, 4.69) is 0 Å². The monoisotopic (exact) mass is 346 g/mol. The van der Waals surface area contributed by atoms with Gasteiger partial charge in [0.1, 0.15) is 12.7 Å². The van der Waals surface area contributed by atoms with E-state index >= 15 is 0 Å². The van der Waals surface area contributed by atoms with Gasteiger partial charge in [0.15, 0.2) is 18.3 Å². The molecule has 24 heavy (non-hydrogen) atoms. The van der Waals surface area contributed by atoms with Crippen molar-refractivity contribution in [3.8, 4) is 0 Å². The maximum Gasteiger partial charge on any atom is 0.303 e. The van der Waals surface area contributed by atoms with E-state index < -0.39 is 54.4 Å². The third-order valence-corrected chi connectivity index (χ3v) is 3.22. The molecule has 1 unspecified atom stereocenters. The highest BCUT2D eigenvalue weighted by molar-refractivity contribution is 5.68. The second kappa shape index (κ2) is 8.62. The summed E-state index contributed by atoms with van der Waals surface area (Å²) in [7, 11) is 0. The zero-order valence-electron chi connectivity index (χ0n) is 14.3. The second-order valence-electron chi connectivity index (χ2n) is 5.40. The molecule has 0 N–H and O–H groups in total. The summed E-state index contributed by atoms with van der Waals surface area (Å²) >= 11 is 0. The van der Waals surface area contributed by atoms with E-state index in [0.29, 0.717) is 0 Å². The predicted molar refractivity (Wildman–Crippen MR) is 77.6 cm³/mol. The van der Waals surface area contributed by atoms with Gasteiger partial charge in [-0.2, -0.15) is 0 Å². The van der Waals surface area contributed by atoms with Gasteiger partial charge >= 0.3 is 23.9 Å². The van der Waals surface area contributed by atoms with Crippen LogP contribution in [0.1, 0.15) is 34.6 Å². The molecule has 0 radical (unpaired) electrons. The molecular formula is C15H22O9. The fraction of sp³-hybridized carbons (Fsp3) is 0.733. The lowest BCUT2D eigenvalue weighted by atomic mass is 9.95. The van der Waals surface area contributed by atoms with Crippen LogP contribution in [-0.2, 0) is 42.9 Å². The Bertz CT molecular complexity index is 501. The van der Waals surface area contributed by atoms with Crippen molar-refractivity contribution < 1.29 is 42.9 Å². The van der Waals surface area contributed by atoms with E-state index in [4.69, 9.17) is 23.7 Å². The van der Waals surface area contributed by atoms with Crippen LogP contribution in [0.2, 0.25) is 0 Å². The molecule has 9 heteroatoms. The molecule has 9 nitrogen and oxygen atoms in total. The number of hydrogen-bond acceptors (Lipinski definition) is 9. The summed E-state index contributed by atoms with van der Waals surface area (Å²) in [6.07, 6.45) is -4.69. The summed E-state index contributed by atoms with van der Waals surface area (Å²) < 4.78 is 26.1. The van der Waals surface area contributed by atoms with Crippen molar-refractivity contribution in [1.29, 1.82) is 0 Å². The molecule has 0 bridgehead atoms. The molecule has 1 heterocycles. The molecule has 0 aliphatic carbocycles. The van der Waals surface area contributed by atoms with Gasteiger partial charge in [-0.1, -0.05) is 0 Å². The van der Waals surface area contributed by atoms with Crippen molar-refractivity contribution >= 4 is 23.9 Å². The lowest BCUT2D eigenvalue weighted by Gasteiger charge is -2.43. The summed E-state index contributed by atoms with van der Waals surface area (Å²) in [5.41, 5.74) is 0. The molecule has 0 aromatic heterocycles. The van der Waals surface area contributed by atoms with Crippen LogP contribution >= 0.6 is 0 Å². The van der Waals surface area contributed by atoms with Gasteiger partial charge in [0, 0.05) is 27.7 Å². The van der Waals surface area contributed by atoms with Crippen LogP contribution in [0.3, 0.4) is 0 Å². The molecule has 1 saturated heterocycles. The van der Waals surface area contributed by atoms with E-state index in [9.17, 15) is 19.2 Å². The minimum Gasteiger partial charge on any atom is -0.463 e. The highest BCUT2D eigenvalue weighted by atomic mass is 16.7. The molecule has 136 valence electrons. The van der Waals surface area contributed by atoms with Gasteiger partial charge in [0.2, 0.25) is 0 Å². The highest BCUT2D eigenvalue weighted by Gasteiger charge is 2.50. The van der Waals surface area contributed by atoms with Crippen molar-refractivity contribution in [3.05, 3.63) is 0 Å². The lowest BCUT2D eigenvalue weighted by Crippen LogP contribution is -2.61. The van der Waals surface area contributed by atoms with Crippen molar-refractivity contribution in [2.24, 2.45) is 0 Å². The zero-order valence-corrected chi connectivity index (χ0v) is 14.3. The molecule has 0 aromatic carbocycles. The number of ether oxygens (including phenoxy) is 5. The Morgan fingerprint density at radius 1 is 0.750 bits per heavy atom. The Labute approximate surface area is 139 Å². The van der Waals surface area contributed by atoms with Crippen LogP contribution in [0.25, 0.3) is 0 Å². The van der Waals surface area contributed by atoms with E-state index in [1.165, 1.54) is 27.7 Å². The first-order valence-electron chi connectivity index (χ1n) is 7.42. The standard InChI is InChI=1S/C15H22O9/c1-7-13(22-9(3)17)15(24-11(5)19)14(23-10(4)18)12(21-7)6-20-8(2)16/h7,12-15H,6H2,1-5H3/t7?,12-,13-,14-,15-/m0/s1. The molecule has 1 rings (SSSR count). The number of esters is 4. The van der Waals surface area contributed by atoms with Crippen LogP contribution in [0.15, 0.2) is 0 Å². The smallest absolute Gasteiger partial charge is 0.303 e. The minimum absolute atomic E-state index is 0.206. The van der Waals surface area contributed by atoms with Crippen molar-refractivity contribution in [2.75, 3.05) is 6.61 Å². The molecule has 1 fully saturated rings. The zero-order chi connectivity index (χ0) is 18.4. The largest absolute Gasteiger partial charge is 0.463 e. The second-order valence-corrected chi connectivity index (χ2v) is 5.40.